The summed E-state index contributed by atoms with van der Waals surface area (Å²) in [5.41, 5.74) is -0.447. The number of anilines is 1. The van der Waals surface area contributed by atoms with Gasteiger partial charge in [0, 0.05) is 42.6 Å². The van der Waals surface area contributed by atoms with Crippen LogP contribution in [-0.2, 0) is 10.9 Å². The Morgan fingerprint density at radius 2 is 1.88 bits per heavy atom. The predicted octanol–water partition coefficient (Wildman–Crippen LogP) is 3.93. The molecule has 0 radical (unpaired) electrons. The molecule has 2 aromatic rings. The first kappa shape index (κ1) is 17.2. The zero-order chi connectivity index (χ0) is 18.1. The van der Waals surface area contributed by atoms with E-state index in [-0.39, 0.29) is 23.8 Å². The van der Waals surface area contributed by atoms with E-state index in [9.17, 15) is 13.2 Å². The molecule has 138 valence electrons. The quantitative estimate of drug-likeness (QED) is 0.894. The van der Waals surface area contributed by atoms with Crippen LogP contribution in [0.4, 0.5) is 19.0 Å². The van der Waals surface area contributed by atoms with Crippen molar-refractivity contribution in [1.29, 1.82) is 0 Å². The molecule has 0 aromatic carbocycles. The first-order valence-electron chi connectivity index (χ1n) is 8.75. The number of alkyl halides is 3. The van der Waals surface area contributed by atoms with Crippen molar-refractivity contribution in [1.82, 2.24) is 15.0 Å². The Labute approximate surface area is 149 Å². The molecule has 0 spiro atoms. The molecular weight excluding hydrogens is 345 g/mol. The summed E-state index contributed by atoms with van der Waals surface area (Å²) >= 11 is 0. The van der Waals surface area contributed by atoms with E-state index in [2.05, 4.69) is 20.3 Å². The maximum atomic E-state index is 13.3. The summed E-state index contributed by atoms with van der Waals surface area (Å²) in [5.74, 6) is 0.564. The fourth-order valence-corrected chi connectivity index (χ4v) is 3.84. The molecule has 8 heteroatoms. The lowest BCUT2D eigenvalue weighted by Gasteiger charge is -2.33. The zero-order valence-corrected chi connectivity index (χ0v) is 14.0. The number of rotatable bonds is 3. The van der Waals surface area contributed by atoms with Gasteiger partial charge < -0.3 is 10.1 Å². The van der Waals surface area contributed by atoms with E-state index in [1.165, 1.54) is 12.4 Å². The second-order valence-electron chi connectivity index (χ2n) is 6.74. The van der Waals surface area contributed by atoms with Crippen LogP contribution in [0, 0.1) is 5.92 Å². The molecule has 5 nitrogen and oxygen atoms in total. The van der Waals surface area contributed by atoms with Gasteiger partial charge in [-0.15, -0.1) is 0 Å². The molecule has 1 saturated carbocycles. The number of nitrogens with one attached hydrogen (secondary N) is 1. The van der Waals surface area contributed by atoms with Gasteiger partial charge in [0.15, 0.2) is 11.5 Å². The number of ether oxygens (including phenoxy) is 1. The van der Waals surface area contributed by atoms with Crippen molar-refractivity contribution < 1.29 is 17.9 Å². The second-order valence-corrected chi connectivity index (χ2v) is 6.74. The van der Waals surface area contributed by atoms with E-state index in [4.69, 9.17) is 4.74 Å². The molecule has 1 N–H and O–H groups in total. The smallest absolute Gasteiger partial charge is 0.378 e. The average molecular weight is 364 g/mol. The van der Waals surface area contributed by atoms with Gasteiger partial charge in [-0.05, 0) is 37.8 Å². The lowest BCUT2D eigenvalue weighted by Crippen LogP contribution is -2.38. The summed E-state index contributed by atoms with van der Waals surface area (Å²) in [6.45, 7) is 0.716. The van der Waals surface area contributed by atoms with Crippen molar-refractivity contribution in [2.75, 3.05) is 11.9 Å². The molecule has 0 bridgehead atoms. The third kappa shape index (κ3) is 3.51. The van der Waals surface area contributed by atoms with Gasteiger partial charge >= 0.3 is 6.18 Å². The lowest BCUT2D eigenvalue weighted by atomic mass is 9.82. The molecule has 2 aliphatic rings. The highest BCUT2D eigenvalue weighted by molar-refractivity contribution is 5.57. The maximum Gasteiger partial charge on any atom is 0.433 e. The van der Waals surface area contributed by atoms with Gasteiger partial charge in [0.05, 0.1) is 6.10 Å². The molecule has 1 saturated heterocycles. The minimum Gasteiger partial charge on any atom is -0.378 e. The molecule has 3 unspecified atom stereocenters. The Bertz CT molecular complexity index is 769. The third-order valence-electron chi connectivity index (χ3n) is 5.07. The van der Waals surface area contributed by atoms with Gasteiger partial charge in [0.2, 0.25) is 0 Å². The van der Waals surface area contributed by atoms with Crippen LogP contribution >= 0.6 is 0 Å². The van der Waals surface area contributed by atoms with Crippen molar-refractivity contribution in [3.63, 3.8) is 0 Å². The molecule has 1 aliphatic heterocycles. The van der Waals surface area contributed by atoms with Crippen molar-refractivity contribution >= 4 is 5.82 Å². The Balaban J connectivity index is 1.66. The molecule has 3 heterocycles. The Hall–Kier alpha value is -2.22. The summed E-state index contributed by atoms with van der Waals surface area (Å²) in [7, 11) is 0. The fraction of sp³-hybridized carbons (Fsp3) is 0.500. The molecule has 26 heavy (non-hydrogen) atoms. The van der Waals surface area contributed by atoms with Crippen molar-refractivity contribution in [2.45, 2.75) is 44.0 Å². The van der Waals surface area contributed by atoms with E-state index in [1.807, 2.05) is 0 Å². The zero-order valence-electron chi connectivity index (χ0n) is 14.0. The van der Waals surface area contributed by atoms with E-state index in [1.54, 1.807) is 12.1 Å². The highest BCUT2D eigenvalue weighted by Crippen LogP contribution is 2.37. The van der Waals surface area contributed by atoms with Crippen LogP contribution < -0.4 is 5.32 Å². The molecule has 2 fully saturated rings. The third-order valence-corrected chi connectivity index (χ3v) is 5.07. The fourth-order valence-electron chi connectivity index (χ4n) is 3.84. The van der Waals surface area contributed by atoms with E-state index < -0.39 is 11.9 Å². The van der Waals surface area contributed by atoms with Crippen LogP contribution in [0.3, 0.4) is 0 Å². The highest BCUT2D eigenvalue weighted by atomic mass is 19.4. The van der Waals surface area contributed by atoms with Gasteiger partial charge in [-0.25, -0.2) is 9.97 Å². The standard InChI is InChI=1S/C18H19F3N4O/c19-18(20,21)15-10-16(25-17(24-15)11-4-7-22-8-5-11)23-13-2-1-3-14-12(13)6-9-26-14/h4-5,7-8,10,12-14H,1-3,6,9H2,(H,23,24,25). The summed E-state index contributed by atoms with van der Waals surface area (Å²) in [6, 6.07) is 4.25. The molecule has 0 amide bonds. The van der Waals surface area contributed by atoms with Crippen LogP contribution in [0.2, 0.25) is 0 Å². The van der Waals surface area contributed by atoms with Gasteiger partial charge in [0.25, 0.3) is 0 Å². The van der Waals surface area contributed by atoms with Crippen molar-refractivity contribution in [3.8, 4) is 11.4 Å². The number of fused-ring (bicyclic) bond motifs is 1. The minimum absolute atomic E-state index is 0.0414. The Kier molecular flexibility index (Phi) is 4.52. The summed E-state index contributed by atoms with van der Waals surface area (Å²) in [5, 5.41) is 3.23. The average Bonchev–Trinajstić information content (AvgIpc) is 3.11. The monoisotopic (exact) mass is 364 g/mol. The van der Waals surface area contributed by atoms with Gasteiger partial charge in [0.1, 0.15) is 5.82 Å². The van der Waals surface area contributed by atoms with Gasteiger partial charge in [-0.2, -0.15) is 13.2 Å². The van der Waals surface area contributed by atoms with E-state index in [0.717, 1.165) is 31.7 Å². The minimum atomic E-state index is -4.53. The molecule has 1 aliphatic carbocycles. The van der Waals surface area contributed by atoms with Crippen LogP contribution in [0.5, 0.6) is 0 Å². The molecule has 4 rings (SSSR count). The first-order valence-corrected chi connectivity index (χ1v) is 8.75. The van der Waals surface area contributed by atoms with Crippen LogP contribution in [0.1, 0.15) is 31.4 Å². The first-order chi connectivity index (χ1) is 12.5. The number of aromatic nitrogens is 3. The number of nitrogens with zero attached hydrogens (tertiary/aromatic N) is 3. The SMILES string of the molecule is FC(F)(F)c1cc(NC2CCCC3OCCC23)nc(-c2ccncc2)n1. The Morgan fingerprint density at radius 3 is 2.65 bits per heavy atom. The largest absolute Gasteiger partial charge is 0.433 e. The second kappa shape index (κ2) is 6.83. The summed E-state index contributed by atoms with van der Waals surface area (Å²) in [6.07, 6.45) is 2.52. The van der Waals surface area contributed by atoms with Crippen LogP contribution in [0.15, 0.2) is 30.6 Å². The normalized spacial score (nSPS) is 25.7. The highest BCUT2D eigenvalue weighted by Gasteiger charge is 2.38. The van der Waals surface area contributed by atoms with E-state index in [0.29, 0.717) is 18.1 Å². The van der Waals surface area contributed by atoms with Crippen LogP contribution in [0.25, 0.3) is 11.4 Å². The van der Waals surface area contributed by atoms with E-state index >= 15 is 0 Å². The van der Waals surface area contributed by atoms with Gasteiger partial charge in [-0.1, -0.05) is 0 Å². The number of halogens is 3. The topological polar surface area (TPSA) is 59.9 Å². The maximum absolute atomic E-state index is 13.3. The number of hydrogen-bond donors (Lipinski definition) is 1. The lowest BCUT2D eigenvalue weighted by molar-refractivity contribution is -0.141. The Morgan fingerprint density at radius 1 is 1.08 bits per heavy atom. The molecule has 3 atom stereocenters. The summed E-state index contributed by atoms with van der Waals surface area (Å²) < 4.78 is 45.7. The molecule has 2 aromatic heterocycles. The number of hydrogen-bond acceptors (Lipinski definition) is 5. The molecular formula is C18H19F3N4O. The van der Waals surface area contributed by atoms with Crippen molar-refractivity contribution in [2.24, 2.45) is 5.92 Å². The summed E-state index contributed by atoms with van der Waals surface area (Å²) in [4.78, 5) is 11.9. The van der Waals surface area contributed by atoms with Crippen molar-refractivity contribution in [3.05, 3.63) is 36.3 Å². The predicted molar refractivity (Wildman–Crippen MR) is 89.4 cm³/mol. The van der Waals surface area contributed by atoms with Crippen LogP contribution in [-0.4, -0.2) is 33.7 Å². The number of pyridine rings is 1. The van der Waals surface area contributed by atoms with Gasteiger partial charge in [-0.3, -0.25) is 4.98 Å².